The minimum Gasteiger partial charge on any atom is -0.404 e. The number of carbonyl (C=O) groups is 2. The Morgan fingerprint density at radius 1 is 1.33 bits per heavy atom. The molecule has 2 aliphatic rings. The van der Waals surface area contributed by atoms with Gasteiger partial charge in [0, 0.05) is 36.5 Å². The average molecular weight is 445 g/mol. The molecule has 1 aromatic carbocycles. The zero-order valence-corrected chi connectivity index (χ0v) is 18.2. The molecule has 0 saturated carbocycles. The van der Waals surface area contributed by atoms with E-state index in [4.69, 9.17) is 5.73 Å². The van der Waals surface area contributed by atoms with Crippen molar-refractivity contribution in [3.63, 3.8) is 0 Å². The van der Waals surface area contributed by atoms with Gasteiger partial charge in [-0.15, -0.1) is 5.10 Å². The van der Waals surface area contributed by atoms with E-state index in [2.05, 4.69) is 30.7 Å². The van der Waals surface area contributed by atoms with E-state index in [0.29, 0.717) is 54.6 Å². The van der Waals surface area contributed by atoms with Gasteiger partial charge < -0.3 is 21.3 Å². The summed E-state index contributed by atoms with van der Waals surface area (Å²) in [5, 5.41) is 10.6. The molecule has 3 aromatic rings. The monoisotopic (exact) mass is 445 g/mol. The summed E-state index contributed by atoms with van der Waals surface area (Å²) in [5.74, 6) is 1.01. The molecule has 0 radical (unpaired) electrons. The highest BCUT2D eigenvalue weighted by Crippen LogP contribution is 2.39. The maximum Gasteiger partial charge on any atom is 0.247 e. The quantitative estimate of drug-likeness (QED) is 0.395. The minimum absolute atomic E-state index is 0.0251. The molecule has 0 bridgehead atoms. The zero-order valence-electron chi connectivity index (χ0n) is 18.2. The highest BCUT2D eigenvalue weighted by molar-refractivity contribution is 6.16. The van der Waals surface area contributed by atoms with Crippen LogP contribution in [0.25, 0.3) is 5.65 Å². The van der Waals surface area contributed by atoms with Crippen molar-refractivity contribution in [1.29, 1.82) is 0 Å². The standard InChI is InChI=1S/C22H23N9O2/c1-22(2)15-4-3-14(9-16(15)27-20(22)33)26-21-28-19-18(25-6-8-31(19)29-21)30-7-5-24-17(11-30)13(10-23)12-32/h3-4,6,8-10,12H,5,7,11,23H2,1-2H3,(H,26,29)(H,27,33). The number of anilines is 4. The van der Waals surface area contributed by atoms with E-state index in [1.165, 1.54) is 6.20 Å². The lowest BCUT2D eigenvalue weighted by Gasteiger charge is -2.27. The summed E-state index contributed by atoms with van der Waals surface area (Å²) in [6.07, 6.45) is 5.34. The fourth-order valence-corrected chi connectivity index (χ4v) is 4.06. The molecular weight excluding hydrogens is 422 g/mol. The topological polar surface area (TPSA) is 143 Å². The fraction of sp³-hybridized carbons (Fsp3) is 0.273. The van der Waals surface area contributed by atoms with Crippen LogP contribution in [0, 0.1) is 0 Å². The van der Waals surface area contributed by atoms with E-state index in [9.17, 15) is 9.59 Å². The Balaban J connectivity index is 1.42. The molecule has 168 valence electrons. The van der Waals surface area contributed by atoms with Crippen LogP contribution in [0.3, 0.4) is 0 Å². The molecule has 11 heteroatoms. The summed E-state index contributed by atoms with van der Waals surface area (Å²) in [4.78, 5) is 39.0. The lowest BCUT2D eigenvalue weighted by molar-refractivity contribution is -0.119. The first-order valence-corrected chi connectivity index (χ1v) is 10.5. The number of nitrogens with one attached hydrogen (secondary N) is 2. The van der Waals surface area contributed by atoms with Gasteiger partial charge in [0.05, 0.1) is 29.8 Å². The van der Waals surface area contributed by atoms with Crippen LogP contribution in [-0.2, 0) is 15.0 Å². The minimum atomic E-state index is -0.560. The third-order valence-electron chi connectivity index (χ3n) is 5.95. The first kappa shape index (κ1) is 20.6. The Morgan fingerprint density at radius 3 is 2.97 bits per heavy atom. The molecule has 0 fully saturated rings. The second-order valence-electron chi connectivity index (χ2n) is 8.41. The Kier molecular flexibility index (Phi) is 4.81. The maximum atomic E-state index is 12.2. The smallest absolute Gasteiger partial charge is 0.247 e. The summed E-state index contributed by atoms with van der Waals surface area (Å²) in [7, 11) is 0. The number of hydrogen-bond donors (Lipinski definition) is 3. The lowest BCUT2D eigenvalue weighted by Crippen LogP contribution is -2.38. The normalized spacial score (nSPS) is 17.5. The third kappa shape index (κ3) is 3.47. The van der Waals surface area contributed by atoms with E-state index in [-0.39, 0.29) is 5.91 Å². The summed E-state index contributed by atoms with van der Waals surface area (Å²) in [5.41, 5.74) is 9.03. The number of carbonyl (C=O) groups excluding carboxylic acids is 2. The van der Waals surface area contributed by atoms with Crippen molar-refractivity contribution >= 4 is 46.7 Å². The van der Waals surface area contributed by atoms with Crippen LogP contribution >= 0.6 is 0 Å². The van der Waals surface area contributed by atoms with Gasteiger partial charge in [-0.25, -0.2) is 9.50 Å². The molecule has 0 atom stereocenters. The summed E-state index contributed by atoms with van der Waals surface area (Å²) in [6, 6.07) is 5.71. The fourth-order valence-electron chi connectivity index (χ4n) is 4.06. The van der Waals surface area contributed by atoms with Crippen molar-refractivity contribution in [1.82, 2.24) is 19.6 Å². The van der Waals surface area contributed by atoms with Gasteiger partial charge in [-0.1, -0.05) is 6.07 Å². The highest BCUT2D eigenvalue weighted by Gasteiger charge is 2.38. The number of amides is 1. The van der Waals surface area contributed by atoms with Crippen LogP contribution in [0.15, 0.2) is 47.4 Å². The van der Waals surface area contributed by atoms with Gasteiger partial charge in [-0.2, -0.15) is 4.98 Å². The Labute approximate surface area is 189 Å². The molecule has 0 spiro atoms. The maximum absolute atomic E-state index is 12.2. The number of benzene rings is 1. The molecule has 33 heavy (non-hydrogen) atoms. The first-order valence-electron chi connectivity index (χ1n) is 10.5. The molecule has 5 rings (SSSR count). The highest BCUT2D eigenvalue weighted by atomic mass is 16.2. The van der Waals surface area contributed by atoms with Crippen LogP contribution in [0.4, 0.5) is 23.1 Å². The van der Waals surface area contributed by atoms with Crippen molar-refractivity contribution in [3.8, 4) is 0 Å². The molecule has 11 nitrogen and oxygen atoms in total. The Bertz CT molecular complexity index is 1340. The van der Waals surface area contributed by atoms with Crippen LogP contribution in [0.5, 0.6) is 0 Å². The molecule has 1 amide bonds. The predicted octanol–water partition coefficient (Wildman–Crippen LogP) is 1.40. The zero-order chi connectivity index (χ0) is 23.2. The second kappa shape index (κ2) is 7.69. The number of hydrogen-bond acceptors (Lipinski definition) is 9. The van der Waals surface area contributed by atoms with E-state index in [1.807, 2.05) is 36.9 Å². The molecule has 0 saturated heterocycles. The number of nitrogens with zero attached hydrogens (tertiary/aromatic N) is 6. The van der Waals surface area contributed by atoms with Gasteiger partial charge in [-0.05, 0) is 31.5 Å². The van der Waals surface area contributed by atoms with E-state index in [0.717, 1.165) is 16.9 Å². The van der Waals surface area contributed by atoms with Crippen molar-refractivity contribution < 1.29 is 9.59 Å². The van der Waals surface area contributed by atoms with Gasteiger partial charge >= 0.3 is 0 Å². The van der Waals surface area contributed by atoms with E-state index < -0.39 is 5.41 Å². The van der Waals surface area contributed by atoms with Gasteiger partial charge in [0.25, 0.3) is 0 Å². The number of aromatic nitrogens is 4. The van der Waals surface area contributed by atoms with Crippen LogP contribution in [0.2, 0.25) is 0 Å². The molecule has 4 N–H and O–H groups in total. The number of aldehydes is 1. The number of fused-ring (bicyclic) bond motifs is 2. The van der Waals surface area contributed by atoms with Crippen LogP contribution in [-0.4, -0.2) is 57.1 Å². The SMILES string of the molecule is CC1(C)C(=O)Nc2cc(Nc3nc4c(N5CCN=C(C(C=O)=CN)C5)nccn4n3)ccc21. The first-order chi connectivity index (χ1) is 15.9. The number of aliphatic imine (C=N–C) groups is 1. The summed E-state index contributed by atoms with van der Waals surface area (Å²) < 4.78 is 1.65. The Hall–Kier alpha value is -4.28. The molecule has 2 aromatic heterocycles. The van der Waals surface area contributed by atoms with Crippen molar-refractivity contribution in [2.24, 2.45) is 10.7 Å². The van der Waals surface area contributed by atoms with Crippen molar-refractivity contribution in [2.75, 3.05) is 35.2 Å². The lowest BCUT2D eigenvalue weighted by atomic mass is 9.86. The largest absolute Gasteiger partial charge is 0.404 e. The average Bonchev–Trinajstić information content (AvgIpc) is 3.31. The van der Waals surface area contributed by atoms with Crippen LogP contribution in [0.1, 0.15) is 19.4 Å². The Morgan fingerprint density at radius 2 is 2.18 bits per heavy atom. The summed E-state index contributed by atoms with van der Waals surface area (Å²) >= 11 is 0. The number of rotatable bonds is 5. The number of nitrogens with two attached hydrogens (primary N) is 1. The molecule has 0 aliphatic carbocycles. The van der Waals surface area contributed by atoms with Crippen molar-refractivity contribution in [3.05, 3.63) is 47.9 Å². The van der Waals surface area contributed by atoms with Gasteiger partial charge in [0.2, 0.25) is 11.9 Å². The molecule has 2 aliphatic heterocycles. The van der Waals surface area contributed by atoms with E-state index in [1.54, 1.807) is 16.9 Å². The van der Waals surface area contributed by atoms with Gasteiger partial charge in [0.1, 0.15) is 0 Å². The van der Waals surface area contributed by atoms with E-state index >= 15 is 0 Å². The third-order valence-corrected chi connectivity index (χ3v) is 5.95. The molecular formula is C22H23N9O2. The van der Waals surface area contributed by atoms with Crippen LogP contribution < -0.4 is 21.3 Å². The predicted molar refractivity (Wildman–Crippen MR) is 125 cm³/mol. The molecule has 0 unspecified atom stereocenters. The van der Waals surface area contributed by atoms with Crippen molar-refractivity contribution in [2.45, 2.75) is 19.3 Å². The summed E-state index contributed by atoms with van der Waals surface area (Å²) in [6.45, 7) is 5.34. The van der Waals surface area contributed by atoms with Gasteiger partial charge in [0.15, 0.2) is 17.8 Å². The molecule has 4 heterocycles. The second-order valence-corrected chi connectivity index (χ2v) is 8.41. The van der Waals surface area contributed by atoms with Gasteiger partial charge in [-0.3, -0.25) is 14.6 Å².